The van der Waals surface area contributed by atoms with Crippen LogP contribution in [0.1, 0.15) is 39.9 Å². The summed E-state index contributed by atoms with van der Waals surface area (Å²) in [5, 5.41) is 8.37. The van der Waals surface area contributed by atoms with Crippen molar-refractivity contribution in [2.45, 2.75) is 31.7 Å². The Balaban J connectivity index is 1.31. The predicted molar refractivity (Wildman–Crippen MR) is 136 cm³/mol. The van der Waals surface area contributed by atoms with E-state index in [0.29, 0.717) is 12.1 Å². The number of hydrogen-bond acceptors (Lipinski definition) is 4. The first-order valence-electron chi connectivity index (χ1n) is 11.9. The predicted octanol–water partition coefficient (Wildman–Crippen LogP) is 3.97. The Morgan fingerprint density at radius 1 is 0.972 bits per heavy atom. The van der Waals surface area contributed by atoms with Gasteiger partial charge in [-0.3, -0.25) is 19.3 Å². The van der Waals surface area contributed by atoms with Crippen LogP contribution < -0.4 is 16.0 Å². The van der Waals surface area contributed by atoms with Crippen molar-refractivity contribution in [3.8, 4) is 0 Å². The molecule has 1 aliphatic carbocycles. The summed E-state index contributed by atoms with van der Waals surface area (Å²) in [6.45, 7) is 1.47. The van der Waals surface area contributed by atoms with Crippen molar-refractivity contribution in [1.29, 1.82) is 0 Å². The fourth-order valence-electron chi connectivity index (χ4n) is 5.00. The van der Waals surface area contributed by atoms with Crippen molar-refractivity contribution in [3.63, 3.8) is 0 Å². The van der Waals surface area contributed by atoms with Gasteiger partial charge in [0.15, 0.2) is 0 Å². The first-order chi connectivity index (χ1) is 17.4. The van der Waals surface area contributed by atoms with Crippen LogP contribution in [-0.2, 0) is 21.5 Å². The van der Waals surface area contributed by atoms with Gasteiger partial charge >= 0.3 is 6.03 Å². The van der Waals surface area contributed by atoms with E-state index >= 15 is 0 Å². The molecule has 5 rings (SSSR count). The molecule has 8 heteroatoms. The molecule has 0 saturated carbocycles. The highest BCUT2D eigenvalue weighted by Crippen LogP contribution is 2.39. The molecule has 36 heavy (non-hydrogen) atoms. The number of benzene rings is 3. The SMILES string of the molecule is Cc1cccc(NC(=O)c2ccccc2NC(=O)CN2C(=O)NC3(CCCc4ccccc43)C2=O)c1. The lowest BCUT2D eigenvalue weighted by Crippen LogP contribution is -2.47. The van der Waals surface area contributed by atoms with Crippen LogP contribution in [0.25, 0.3) is 0 Å². The van der Waals surface area contributed by atoms with Crippen molar-refractivity contribution in [2.24, 2.45) is 0 Å². The fourth-order valence-corrected chi connectivity index (χ4v) is 5.00. The largest absolute Gasteiger partial charge is 0.325 e. The summed E-state index contributed by atoms with van der Waals surface area (Å²) in [4.78, 5) is 53.1. The molecule has 1 aliphatic heterocycles. The van der Waals surface area contributed by atoms with Crippen LogP contribution in [0.4, 0.5) is 16.2 Å². The second-order valence-electron chi connectivity index (χ2n) is 9.15. The van der Waals surface area contributed by atoms with Crippen molar-refractivity contribution in [2.75, 3.05) is 17.2 Å². The van der Waals surface area contributed by atoms with Crippen molar-refractivity contribution < 1.29 is 19.2 Å². The Hall–Kier alpha value is -4.46. The molecular weight excluding hydrogens is 456 g/mol. The average Bonchev–Trinajstić information content (AvgIpc) is 3.09. The van der Waals surface area contributed by atoms with Crippen LogP contribution >= 0.6 is 0 Å². The van der Waals surface area contributed by atoms with Crippen LogP contribution in [0.5, 0.6) is 0 Å². The number of anilines is 2. The lowest BCUT2D eigenvalue weighted by molar-refractivity contribution is -0.134. The lowest BCUT2D eigenvalue weighted by atomic mass is 9.76. The number of imide groups is 1. The number of nitrogens with zero attached hydrogens (tertiary/aromatic N) is 1. The van der Waals surface area contributed by atoms with Crippen LogP contribution in [-0.4, -0.2) is 35.2 Å². The molecule has 5 amide bonds. The summed E-state index contributed by atoms with van der Waals surface area (Å²) in [7, 11) is 0. The van der Waals surface area contributed by atoms with E-state index < -0.39 is 29.9 Å². The van der Waals surface area contributed by atoms with E-state index in [0.717, 1.165) is 34.4 Å². The third kappa shape index (κ3) is 4.22. The van der Waals surface area contributed by atoms with Gasteiger partial charge in [-0.25, -0.2) is 4.79 Å². The summed E-state index contributed by atoms with van der Waals surface area (Å²) in [5.41, 5.74) is 2.87. The quantitative estimate of drug-likeness (QED) is 0.478. The Labute approximate surface area is 208 Å². The van der Waals surface area contributed by atoms with Gasteiger partial charge in [0.05, 0.1) is 11.3 Å². The van der Waals surface area contributed by atoms with E-state index in [2.05, 4.69) is 16.0 Å². The molecule has 1 unspecified atom stereocenters. The van der Waals surface area contributed by atoms with Crippen LogP contribution in [0, 0.1) is 6.92 Å². The number of para-hydroxylation sites is 1. The number of rotatable bonds is 5. The van der Waals surface area contributed by atoms with E-state index in [1.165, 1.54) is 0 Å². The molecule has 3 aromatic rings. The first-order valence-corrected chi connectivity index (χ1v) is 11.9. The van der Waals surface area contributed by atoms with Gasteiger partial charge in [0.1, 0.15) is 12.1 Å². The number of urea groups is 1. The molecule has 182 valence electrons. The van der Waals surface area contributed by atoms with Gasteiger partial charge in [-0.1, -0.05) is 48.5 Å². The minimum Gasteiger partial charge on any atom is -0.324 e. The molecule has 0 radical (unpaired) electrons. The number of amides is 5. The topological polar surface area (TPSA) is 108 Å². The average molecular weight is 483 g/mol. The zero-order valence-electron chi connectivity index (χ0n) is 19.8. The Kier molecular flexibility index (Phi) is 6.01. The van der Waals surface area contributed by atoms with Gasteiger partial charge in [-0.05, 0) is 67.1 Å². The maximum atomic E-state index is 13.4. The molecule has 3 aromatic carbocycles. The maximum absolute atomic E-state index is 13.4. The highest BCUT2D eigenvalue weighted by Gasteiger charge is 2.54. The molecular formula is C28H26N4O4. The fraction of sp³-hybridized carbons (Fsp3) is 0.214. The highest BCUT2D eigenvalue weighted by atomic mass is 16.2. The molecule has 3 N–H and O–H groups in total. The van der Waals surface area contributed by atoms with Crippen LogP contribution in [0.2, 0.25) is 0 Å². The molecule has 1 atom stereocenters. The van der Waals surface area contributed by atoms with Crippen molar-refractivity contribution in [3.05, 3.63) is 95.1 Å². The standard InChI is InChI=1S/C28H26N4O4/c1-18-8-6-11-20(16-18)29-25(34)21-12-3-5-14-23(21)30-24(33)17-32-26(35)28(31-27(32)36)15-7-10-19-9-2-4-13-22(19)28/h2-6,8-9,11-14,16H,7,10,15,17H2,1H3,(H,29,34)(H,30,33)(H,31,36). The van der Waals surface area contributed by atoms with Crippen molar-refractivity contribution in [1.82, 2.24) is 10.2 Å². The second kappa shape index (κ2) is 9.30. The molecule has 1 fully saturated rings. The molecule has 0 bridgehead atoms. The molecule has 1 spiro atoms. The third-order valence-electron chi connectivity index (χ3n) is 6.67. The first kappa shape index (κ1) is 23.3. The van der Waals surface area contributed by atoms with E-state index in [-0.39, 0.29) is 17.2 Å². The summed E-state index contributed by atoms with van der Waals surface area (Å²) >= 11 is 0. The molecule has 8 nitrogen and oxygen atoms in total. The highest BCUT2D eigenvalue weighted by molar-refractivity contribution is 6.13. The van der Waals surface area contributed by atoms with Crippen LogP contribution in [0.3, 0.4) is 0 Å². The molecule has 1 saturated heterocycles. The minimum atomic E-state index is -1.14. The monoisotopic (exact) mass is 482 g/mol. The summed E-state index contributed by atoms with van der Waals surface area (Å²) in [6, 6.07) is 21.0. The van der Waals surface area contributed by atoms with Crippen molar-refractivity contribution >= 4 is 35.1 Å². The van der Waals surface area contributed by atoms with E-state index in [1.807, 2.05) is 49.4 Å². The number of fused-ring (bicyclic) bond motifs is 2. The summed E-state index contributed by atoms with van der Waals surface area (Å²) in [5.74, 6) is -1.39. The van der Waals surface area contributed by atoms with Gasteiger partial charge in [-0.15, -0.1) is 0 Å². The molecule has 1 heterocycles. The van der Waals surface area contributed by atoms with Gasteiger partial charge in [0.2, 0.25) is 5.91 Å². The molecule has 2 aliphatic rings. The Morgan fingerprint density at radius 2 is 1.75 bits per heavy atom. The molecule has 0 aromatic heterocycles. The van der Waals surface area contributed by atoms with E-state index in [9.17, 15) is 19.2 Å². The summed E-state index contributed by atoms with van der Waals surface area (Å²) < 4.78 is 0. The maximum Gasteiger partial charge on any atom is 0.325 e. The van der Waals surface area contributed by atoms with Gasteiger partial charge < -0.3 is 16.0 Å². The van der Waals surface area contributed by atoms with Gasteiger partial charge in [-0.2, -0.15) is 0 Å². The Morgan fingerprint density at radius 3 is 2.58 bits per heavy atom. The number of hydrogen-bond donors (Lipinski definition) is 3. The zero-order valence-corrected chi connectivity index (χ0v) is 19.8. The normalized spacial score (nSPS) is 18.5. The smallest absolute Gasteiger partial charge is 0.324 e. The van der Waals surface area contributed by atoms with Gasteiger partial charge in [0, 0.05) is 5.69 Å². The number of carbonyl (C=O) groups excluding carboxylic acids is 4. The van der Waals surface area contributed by atoms with E-state index in [1.54, 1.807) is 30.3 Å². The lowest BCUT2D eigenvalue weighted by Gasteiger charge is -2.33. The number of aryl methyl sites for hydroxylation is 2. The zero-order chi connectivity index (χ0) is 25.3. The van der Waals surface area contributed by atoms with Crippen LogP contribution in [0.15, 0.2) is 72.8 Å². The Bertz CT molecular complexity index is 1390. The summed E-state index contributed by atoms with van der Waals surface area (Å²) in [6.07, 6.45) is 2.07. The number of carbonyl (C=O) groups is 4. The van der Waals surface area contributed by atoms with E-state index in [4.69, 9.17) is 0 Å². The second-order valence-corrected chi connectivity index (χ2v) is 9.15. The minimum absolute atomic E-state index is 0.266. The van der Waals surface area contributed by atoms with Gasteiger partial charge in [0.25, 0.3) is 11.8 Å². The number of nitrogens with one attached hydrogen (secondary N) is 3. The third-order valence-corrected chi connectivity index (χ3v) is 6.67.